The molecule has 20 heavy (non-hydrogen) atoms. The Kier molecular flexibility index (Phi) is 2.96. The summed E-state index contributed by atoms with van der Waals surface area (Å²) >= 11 is 3.48. The van der Waals surface area contributed by atoms with Crippen LogP contribution in [0, 0.1) is 11.8 Å². The average Bonchev–Trinajstić information content (AvgIpc) is 2.91. The summed E-state index contributed by atoms with van der Waals surface area (Å²) in [5.74, 6) is 0.928. The summed E-state index contributed by atoms with van der Waals surface area (Å²) in [7, 11) is 0. The molecule has 0 radical (unpaired) electrons. The third-order valence-corrected chi connectivity index (χ3v) is 5.51. The van der Waals surface area contributed by atoms with E-state index in [0.717, 1.165) is 36.1 Å². The highest BCUT2D eigenvalue weighted by molar-refractivity contribution is 9.10. The van der Waals surface area contributed by atoms with Gasteiger partial charge in [0, 0.05) is 35.7 Å². The second kappa shape index (κ2) is 4.60. The highest BCUT2D eigenvalue weighted by Crippen LogP contribution is 2.40. The van der Waals surface area contributed by atoms with Gasteiger partial charge in [-0.25, -0.2) is 0 Å². The Morgan fingerprint density at radius 3 is 2.75 bits per heavy atom. The molecule has 1 aliphatic heterocycles. The molecule has 1 amide bonds. The van der Waals surface area contributed by atoms with Crippen molar-refractivity contribution < 1.29 is 9.90 Å². The van der Waals surface area contributed by atoms with Gasteiger partial charge in [-0.1, -0.05) is 0 Å². The van der Waals surface area contributed by atoms with Crippen LogP contribution in [0.5, 0.6) is 0 Å². The molecule has 5 heteroatoms. The first-order chi connectivity index (χ1) is 9.63. The minimum atomic E-state index is -0.209. The van der Waals surface area contributed by atoms with Gasteiger partial charge in [0.05, 0.1) is 6.10 Å². The maximum Gasteiger partial charge on any atom is 0.270 e. The van der Waals surface area contributed by atoms with E-state index in [4.69, 9.17) is 0 Å². The molecule has 0 bridgehead atoms. The number of amides is 1. The van der Waals surface area contributed by atoms with Gasteiger partial charge >= 0.3 is 0 Å². The van der Waals surface area contributed by atoms with Gasteiger partial charge in [-0.2, -0.15) is 0 Å². The summed E-state index contributed by atoms with van der Waals surface area (Å²) in [6.45, 7) is 1.53. The molecule has 0 spiro atoms. The Labute approximate surface area is 126 Å². The molecule has 0 aromatic carbocycles. The first-order valence-corrected chi connectivity index (χ1v) is 8.27. The maximum atomic E-state index is 12.8. The molecule has 3 unspecified atom stereocenters. The van der Waals surface area contributed by atoms with E-state index in [1.807, 2.05) is 17.2 Å². The Morgan fingerprint density at radius 1 is 1.25 bits per heavy atom. The summed E-state index contributed by atoms with van der Waals surface area (Å²) < 4.78 is 3.10. The van der Waals surface area contributed by atoms with Crippen molar-refractivity contribution >= 4 is 21.8 Å². The molecule has 1 N–H and O–H groups in total. The van der Waals surface area contributed by atoms with E-state index >= 15 is 0 Å². The summed E-state index contributed by atoms with van der Waals surface area (Å²) in [5, 5.41) is 9.98. The molecule has 4 rings (SSSR count). The lowest BCUT2D eigenvalue weighted by atomic mass is 10.00. The molecule has 2 heterocycles. The summed E-state index contributed by atoms with van der Waals surface area (Å²) in [4.78, 5) is 14.7. The van der Waals surface area contributed by atoms with Crippen molar-refractivity contribution in [1.29, 1.82) is 0 Å². The quantitative estimate of drug-likeness (QED) is 0.900. The minimum absolute atomic E-state index is 0.129. The van der Waals surface area contributed by atoms with Crippen LogP contribution in [0.1, 0.15) is 42.2 Å². The molecule has 2 aliphatic carbocycles. The van der Waals surface area contributed by atoms with E-state index in [1.54, 1.807) is 0 Å². The van der Waals surface area contributed by atoms with Crippen molar-refractivity contribution in [2.75, 3.05) is 13.1 Å². The van der Waals surface area contributed by atoms with Gasteiger partial charge in [-0.15, -0.1) is 0 Å². The second-order valence-corrected chi connectivity index (χ2v) is 7.38. The number of likely N-dealkylation sites (tertiary alicyclic amines) is 1. The van der Waals surface area contributed by atoms with Crippen LogP contribution in [0.4, 0.5) is 0 Å². The fourth-order valence-electron chi connectivity index (χ4n) is 3.84. The smallest absolute Gasteiger partial charge is 0.270 e. The fourth-order valence-corrected chi connectivity index (χ4v) is 4.27. The van der Waals surface area contributed by atoms with E-state index in [2.05, 4.69) is 20.5 Å². The van der Waals surface area contributed by atoms with Crippen LogP contribution in [-0.4, -0.2) is 39.7 Å². The van der Waals surface area contributed by atoms with E-state index in [0.29, 0.717) is 17.9 Å². The Hall–Kier alpha value is -0.810. The molecule has 1 aromatic heterocycles. The van der Waals surface area contributed by atoms with Crippen LogP contribution in [0.3, 0.4) is 0 Å². The molecule has 3 fully saturated rings. The molecule has 1 aromatic rings. The van der Waals surface area contributed by atoms with Gasteiger partial charge in [0.25, 0.3) is 5.91 Å². The molecule has 3 aliphatic rings. The zero-order valence-electron chi connectivity index (χ0n) is 11.3. The highest BCUT2D eigenvalue weighted by Gasteiger charge is 2.44. The molecule has 2 saturated carbocycles. The third kappa shape index (κ3) is 2.02. The van der Waals surface area contributed by atoms with Crippen molar-refractivity contribution in [1.82, 2.24) is 9.47 Å². The second-order valence-electron chi connectivity index (χ2n) is 6.46. The number of aromatic nitrogens is 1. The van der Waals surface area contributed by atoms with Gasteiger partial charge in [0.2, 0.25) is 0 Å². The molecular formula is C15H19BrN2O2. The zero-order chi connectivity index (χ0) is 13.9. The molecule has 3 atom stereocenters. The largest absolute Gasteiger partial charge is 0.393 e. The van der Waals surface area contributed by atoms with Crippen LogP contribution in [0.2, 0.25) is 0 Å². The van der Waals surface area contributed by atoms with Crippen LogP contribution < -0.4 is 0 Å². The van der Waals surface area contributed by atoms with E-state index in [9.17, 15) is 9.90 Å². The number of aliphatic hydroxyl groups excluding tert-OH is 1. The monoisotopic (exact) mass is 338 g/mol. The minimum Gasteiger partial charge on any atom is -0.393 e. The lowest BCUT2D eigenvalue weighted by Gasteiger charge is -2.19. The number of hydrogen-bond acceptors (Lipinski definition) is 2. The predicted octanol–water partition coefficient (Wildman–Crippen LogP) is 2.43. The van der Waals surface area contributed by atoms with Gasteiger partial charge in [0.15, 0.2) is 0 Å². The van der Waals surface area contributed by atoms with Crippen LogP contribution in [-0.2, 0) is 0 Å². The van der Waals surface area contributed by atoms with E-state index < -0.39 is 0 Å². The zero-order valence-corrected chi connectivity index (χ0v) is 12.9. The summed E-state index contributed by atoms with van der Waals surface area (Å²) in [6, 6.07) is 2.44. The van der Waals surface area contributed by atoms with Crippen molar-refractivity contribution in [2.24, 2.45) is 11.8 Å². The Morgan fingerprint density at radius 2 is 2.05 bits per heavy atom. The van der Waals surface area contributed by atoms with Crippen molar-refractivity contribution in [3.8, 4) is 0 Å². The number of hydrogen-bond donors (Lipinski definition) is 1. The normalized spacial score (nSPS) is 32.7. The SMILES string of the molecule is O=C(c1cc(Br)cn1C1CC1)N1CC2CCC(O)C2C1. The number of rotatable bonds is 2. The summed E-state index contributed by atoms with van der Waals surface area (Å²) in [5.41, 5.74) is 0.800. The molecular weight excluding hydrogens is 320 g/mol. The number of carbonyl (C=O) groups excluding carboxylic acids is 1. The molecule has 4 nitrogen and oxygen atoms in total. The molecule has 108 valence electrons. The highest BCUT2D eigenvalue weighted by atomic mass is 79.9. The van der Waals surface area contributed by atoms with Crippen LogP contribution >= 0.6 is 15.9 Å². The fraction of sp³-hybridized carbons (Fsp3) is 0.667. The van der Waals surface area contributed by atoms with Gasteiger partial charge in [0.1, 0.15) is 5.69 Å². The van der Waals surface area contributed by atoms with E-state index in [-0.39, 0.29) is 12.0 Å². The lowest BCUT2D eigenvalue weighted by Crippen LogP contribution is -2.32. The number of fused-ring (bicyclic) bond motifs is 1. The standard InChI is InChI=1S/C15H19BrN2O2/c16-10-5-13(18(7-10)11-2-3-11)15(20)17-6-9-1-4-14(19)12(9)8-17/h5,7,9,11-12,14,19H,1-4,6,8H2. The van der Waals surface area contributed by atoms with Crippen molar-refractivity contribution in [3.63, 3.8) is 0 Å². The number of aliphatic hydroxyl groups is 1. The van der Waals surface area contributed by atoms with Crippen LogP contribution in [0.25, 0.3) is 0 Å². The van der Waals surface area contributed by atoms with Gasteiger partial charge in [-0.05, 0) is 53.6 Å². The van der Waals surface area contributed by atoms with Crippen LogP contribution in [0.15, 0.2) is 16.7 Å². The van der Waals surface area contributed by atoms with E-state index in [1.165, 1.54) is 12.8 Å². The summed E-state index contributed by atoms with van der Waals surface area (Å²) in [6.07, 6.45) is 6.12. The topological polar surface area (TPSA) is 45.5 Å². The average molecular weight is 339 g/mol. The van der Waals surface area contributed by atoms with Gasteiger partial charge in [-0.3, -0.25) is 4.79 Å². The lowest BCUT2D eigenvalue weighted by molar-refractivity contribution is 0.0742. The number of nitrogens with zero attached hydrogens (tertiary/aromatic N) is 2. The maximum absolute atomic E-state index is 12.8. The first kappa shape index (κ1) is 12.9. The third-order valence-electron chi connectivity index (χ3n) is 5.08. The van der Waals surface area contributed by atoms with Crippen molar-refractivity contribution in [2.45, 2.75) is 37.8 Å². The number of halogens is 1. The number of carbonyl (C=O) groups is 1. The molecule has 1 saturated heterocycles. The Balaban J connectivity index is 1.56. The first-order valence-electron chi connectivity index (χ1n) is 7.48. The predicted molar refractivity (Wildman–Crippen MR) is 78.5 cm³/mol. The Bertz CT molecular complexity index is 552. The van der Waals surface area contributed by atoms with Crippen molar-refractivity contribution in [3.05, 3.63) is 22.4 Å². The van der Waals surface area contributed by atoms with Gasteiger partial charge < -0.3 is 14.6 Å².